The molecule has 0 saturated carbocycles. The molecule has 6 nitrogen and oxygen atoms in total. The lowest BCUT2D eigenvalue weighted by molar-refractivity contribution is 1.29. The third-order valence-electron chi connectivity index (χ3n) is 11.1. The standard InChI is InChI=1S/C54H34N6/c1-3-9-43-33-51-45(31-41(43)7-1)53(39-19-15-35(16-20-39)47-11-5-13-49(57-47)37-23-27-55-28-24-37)60-52-34-44-10-4-2-8-42(44)32-46(52)54(59-51)40-21-17-36(18-22-40)48-12-6-14-50(58-48)38-25-29-56-30-26-38/h1-34H. The maximum absolute atomic E-state index is 5.60. The molecule has 0 amide bonds. The molecule has 280 valence electrons. The number of benzene rings is 6. The van der Waals surface area contributed by atoms with Crippen molar-refractivity contribution in [2.24, 2.45) is 9.98 Å². The quantitative estimate of drug-likeness (QED) is 0.169. The van der Waals surface area contributed by atoms with E-state index in [2.05, 4.69) is 156 Å². The Hall–Kier alpha value is -8.22. The van der Waals surface area contributed by atoms with E-state index >= 15 is 0 Å². The van der Waals surface area contributed by atoms with E-state index in [-0.39, 0.29) is 0 Å². The van der Waals surface area contributed by atoms with Crippen LogP contribution in [0, 0.1) is 0 Å². The molecule has 0 N–H and O–H groups in total. The molecule has 6 aromatic carbocycles. The third kappa shape index (κ3) is 6.62. The minimum Gasteiger partial charge on any atom is -0.265 e. The molecule has 6 heteroatoms. The van der Waals surface area contributed by atoms with Gasteiger partial charge in [0.05, 0.1) is 45.6 Å². The first-order valence-electron chi connectivity index (χ1n) is 19.9. The molecule has 5 heterocycles. The first-order valence-corrected chi connectivity index (χ1v) is 19.9. The first kappa shape index (κ1) is 35.0. The van der Waals surface area contributed by atoms with Crippen LogP contribution in [-0.4, -0.2) is 31.4 Å². The van der Waals surface area contributed by atoms with Crippen LogP contribution in [-0.2, 0) is 0 Å². The molecule has 0 bridgehead atoms. The van der Waals surface area contributed by atoms with E-state index < -0.39 is 0 Å². The van der Waals surface area contributed by atoms with Gasteiger partial charge in [0.2, 0.25) is 0 Å². The summed E-state index contributed by atoms with van der Waals surface area (Å²) >= 11 is 0. The molecule has 60 heavy (non-hydrogen) atoms. The van der Waals surface area contributed by atoms with Gasteiger partial charge in [-0.2, -0.15) is 0 Å². The maximum Gasteiger partial charge on any atom is 0.0803 e. The topological polar surface area (TPSA) is 76.3 Å². The van der Waals surface area contributed by atoms with Crippen LogP contribution in [0.15, 0.2) is 217 Å². The number of rotatable bonds is 6. The maximum atomic E-state index is 5.60. The van der Waals surface area contributed by atoms with Gasteiger partial charge in [0, 0.05) is 69.3 Å². The average Bonchev–Trinajstić information content (AvgIpc) is 3.32. The Bertz CT molecular complexity index is 3060. The molecule has 1 aliphatic rings. The fourth-order valence-electron chi connectivity index (χ4n) is 7.98. The number of pyridine rings is 4. The molecular formula is C54H34N6. The van der Waals surface area contributed by atoms with Crippen LogP contribution in [0.1, 0.15) is 22.3 Å². The van der Waals surface area contributed by atoms with Gasteiger partial charge in [0.15, 0.2) is 0 Å². The summed E-state index contributed by atoms with van der Waals surface area (Å²) in [5.41, 5.74) is 15.0. The van der Waals surface area contributed by atoms with Gasteiger partial charge in [-0.25, -0.2) is 20.0 Å². The van der Waals surface area contributed by atoms with Crippen molar-refractivity contribution < 1.29 is 0 Å². The van der Waals surface area contributed by atoms with Crippen LogP contribution in [0.4, 0.5) is 11.4 Å². The number of aromatic nitrogens is 4. The van der Waals surface area contributed by atoms with Gasteiger partial charge >= 0.3 is 0 Å². The summed E-state index contributed by atoms with van der Waals surface area (Å²) in [6.07, 6.45) is 7.18. The summed E-state index contributed by atoms with van der Waals surface area (Å²) < 4.78 is 0. The van der Waals surface area contributed by atoms with Crippen LogP contribution in [0.3, 0.4) is 0 Å². The molecule has 0 fully saturated rings. The highest BCUT2D eigenvalue weighted by Crippen LogP contribution is 2.38. The Balaban J connectivity index is 1.05. The van der Waals surface area contributed by atoms with E-state index in [4.69, 9.17) is 20.0 Å². The van der Waals surface area contributed by atoms with E-state index in [9.17, 15) is 0 Å². The van der Waals surface area contributed by atoms with Gasteiger partial charge in [-0.15, -0.1) is 0 Å². The molecule has 4 aromatic heterocycles. The number of hydrogen-bond acceptors (Lipinski definition) is 6. The number of nitrogens with zero attached hydrogens (tertiary/aromatic N) is 6. The fraction of sp³-hybridized carbons (Fsp3) is 0. The third-order valence-corrected chi connectivity index (χ3v) is 11.1. The zero-order chi connectivity index (χ0) is 39.8. The Morgan fingerprint density at radius 3 is 0.950 bits per heavy atom. The largest absolute Gasteiger partial charge is 0.265 e. The van der Waals surface area contributed by atoms with Crippen LogP contribution >= 0.6 is 0 Å². The highest BCUT2D eigenvalue weighted by atomic mass is 14.8. The lowest BCUT2D eigenvalue weighted by Gasteiger charge is -2.20. The van der Waals surface area contributed by atoms with Crippen molar-refractivity contribution in [1.29, 1.82) is 0 Å². The summed E-state index contributed by atoms with van der Waals surface area (Å²) in [6.45, 7) is 0. The Kier molecular flexibility index (Phi) is 8.71. The Labute approximate surface area is 347 Å². The molecule has 10 aromatic rings. The second-order valence-corrected chi connectivity index (χ2v) is 14.8. The van der Waals surface area contributed by atoms with E-state index in [0.29, 0.717) is 0 Å². The monoisotopic (exact) mass is 766 g/mol. The lowest BCUT2D eigenvalue weighted by atomic mass is 9.92. The van der Waals surface area contributed by atoms with Gasteiger partial charge in [-0.1, -0.05) is 109 Å². The highest BCUT2D eigenvalue weighted by molar-refractivity contribution is 6.24. The van der Waals surface area contributed by atoms with Gasteiger partial charge < -0.3 is 0 Å². The van der Waals surface area contributed by atoms with E-state index in [1.807, 2.05) is 36.4 Å². The second-order valence-electron chi connectivity index (χ2n) is 14.8. The van der Waals surface area contributed by atoms with Crippen molar-refractivity contribution in [3.05, 3.63) is 229 Å². The minimum atomic E-state index is 0.854. The van der Waals surface area contributed by atoms with Gasteiger partial charge in [-0.3, -0.25) is 9.97 Å². The predicted octanol–water partition coefficient (Wildman–Crippen LogP) is 12.9. The predicted molar refractivity (Wildman–Crippen MR) is 244 cm³/mol. The molecule has 0 spiro atoms. The zero-order valence-electron chi connectivity index (χ0n) is 32.3. The molecular weight excluding hydrogens is 733 g/mol. The van der Waals surface area contributed by atoms with Crippen molar-refractivity contribution in [3.63, 3.8) is 0 Å². The first-order chi connectivity index (χ1) is 29.7. The molecule has 0 unspecified atom stereocenters. The molecule has 1 aliphatic heterocycles. The van der Waals surface area contributed by atoms with Crippen LogP contribution in [0.25, 0.3) is 66.6 Å². The van der Waals surface area contributed by atoms with E-state index in [0.717, 1.165) is 112 Å². The normalized spacial score (nSPS) is 12.2. The minimum absolute atomic E-state index is 0.854. The van der Waals surface area contributed by atoms with Crippen molar-refractivity contribution >= 4 is 44.3 Å². The molecule has 0 radical (unpaired) electrons. The summed E-state index contributed by atoms with van der Waals surface area (Å²) in [6, 6.07) is 63.1. The van der Waals surface area contributed by atoms with Crippen LogP contribution in [0.5, 0.6) is 0 Å². The molecule has 0 aliphatic carbocycles. The van der Waals surface area contributed by atoms with Crippen molar-refractivity contribution in [1.82, 2.24) is 19.9 Å². The van der Waals surface area contributed by atoms with Gasteiger partial charge in [0.25, 0.3) is 0 Å². The summed E-state index contributed by atoms with van der Waals surface area (Å²) in [5, 5.41) is 4.48. The smallest absolute Gasteiger partial charge is 0.0803 e. The van der Waals surface area contributed by atoms with Crippen molar-refractivity contribution in [3.8, 4) is 45.0 Å². The average molecular weight is 767 g/mol. The van der Waals surface area contributed by atoms with Crippen LogP contribution in [0.2, 0.25) is 0 Å². The fourth-order valence-corrected chi connectivity index (χ4v) is 7.98. The van der Waals surface area contributed by atoms with E-state index in [1.165, 1.54) is 0 Å². The number of hydrogen-bond donors (Lipinski definition) is 0. The molecule has 0 atom stereocenters. The lowest BCUT2D eigenvalue weighted by Crippen LogP contribution is -2.10. The van der Waals surface area contributed by atoms with Crippen molar-refractivity contribution in [2.75, 3.05) is 0 Å². The Morgan fingerprint density at radius 2 is 0.583 bits per heavy atom. The number of aliphatic imine (C=N–C) groups is 2. The molecule has 0 saturated heterocycles. The Morgan fingerprint density at radius 1 is 0.267 bits per heavy atom. The van der Waals surface area contributed by atoms with Gasteiger partial charge in [-0.05, 0) is 94.3 Å². The van der Waals surface area contributed by atoms with Crippen LogP contribution < -0.4 is 0 Å². The SMILES string of the molecule is c1cc(-c2ccncc2)nc(-c2ccc(C3=Nc4cc5ccccc5cc4C(c4ccc(-c5cccc(-c6ccncc6)n5)cc4)=Nc4cc5ccccc5cc43)cc2)c1. The second kappa shape index (κ2) is 14.9. The summed E-state index contributed by atoms with van der Waals surface area (Å²) in [7, 11) is 0. The summed E-state index contributed by atoms with van der Waals surface area (Å²) in [4.78, 5) is 29.6. The summed E-state index contributed by atoms with van der Waals surface area (Å²) in [5.74, 6) is 0. The van der Waals surface area contributed by atoms with Gasteiger partial charge in [0.1, 0.15) is 0 Å². The highest BCUT2D eigenvalue weighted by Gasteiger charge is 2.22. The zero-order valence-corrected chi connectivity index (χ0v) is 32.3. The van der Waals surface area contributed by atoms with E-state index in [1.54, 1.807) is 24.8 Å². The number of fused-ring (bicyclic) bond motifs is 4. The van der Waals surface area contributed by atoms with Crippen molar-refractivity contribution in [2.45, 2.75) is 0 Å². The molecule has 11 rings (SSSR count).